The fourth-order valence-electron chi connectivity index (χ4n) is 3.95. The lowest BCUT2D eigenvalue weighted by molar-refractivity contribution is -0.189. The molecule has 2 atom stereocenters. The van der Waals surface area contributed by atoms with Crippen molar-refractivity contribution >= 4 is 34.8 Å². The van der Waals surface area contributed by atoms with E-state index in [1.54, 1.807) is 24.7 Å². The lowest BCUT2D eigenvalue weighted by atomic mass is 10.1. The molecule has 0 radical (unpaired) electrons. The zero-order valence-corrected chi connectivity index (χ0v) is 20.3. The predicted octanol–water partition coefficient (Wildman–Crippen LogP) is 6.86. The van der Waals surface area contributed by atoms with Gasteiger partial charge in [-0.25, -0.2) is 4.98 Å². The Morgan fingerprint density at radius 1 is 0.941 bits per heavy atom. The molecule has 0 saturated carbocycles. The number of ether oxygens (including phenoxy) is 3. The van der Waals surface area contributed by atoms with Crippen LogP contribution in [-0.2, 0) is 21.8 Å². The second kappa shape index (κ2) is 9.98. The monoisotopic (exact) mass is 514 g/mol. The smallest absolute Gasteiger partial charge is 0.215 e. The normalized spacial score (nSPS) is 19.9. The maximum atomic E-state index is 6.54. The van der Waals surface area contributed by atoms with Crippen molar-refractivity contribution in [3.63, 3.8) is 0 Å². The van der Waals surface area contributed by atoms with Gasteiger partial charge in [0.25, 0.3) is 0 Å². The lowest BCUT2D eigenvalue weighted by Gasteiger charge is -2.30. The number of nitrogens with zero attached hydrogens (tertiary/aromatic N) is 2. The fraction of sp³-hybridized carbons (Fsp3) is 0.192. The average molecular weight is 516 g/mol. The molecule has 0 bridgehead atoms. The molecular weight excluding hydrogens is 495 g/mol. The highest BCUT2D eigenvalue weighted by atomic mass is 35.5. The van der Waals surface area contributed by atoms with Gasteiger partial charge in [-0.1, -0.05) is 77.3 Å². The molecule has 5 nitrogen and oxygen atoms in total. The predicted molar refractivity (Wildman–Crippen MR) is 134 cm³/mol. The summed E-state index contributed by atoms with van der Waals surface area (Å²) in [5.74, 6) is -0.403. The summed E-state index contributed by atoms with van der Waals surface area (Å²) >= 11 is 19.0. The van der Waals surface area contributed by atoms with E-state index in [2.05, 4.69) is 17.1 Å². The van der Waals surface area contributed by atoms with Gasteiger partial charge in [-0.05, 0) is 35.4 Å². The van der Waals surface area contributed by atoms with E-state index in [0.29, 0.717) is 40.4 Å². The van der Waals surface area contributed by atoms with Crippen LogP contribution in [0.4, 0.5) is 0 Å². The van der Waals surface area contributed by atoms with Crippen LogP contribution in [0, 0.1) is 0 Å². The summed E-state index contributed by atoms with van der Waals surface area (Å²) in [5.41, 5.74) is 2.89. The van der Waals surface area contributed by atoms with Crippen molar-refractivity contribution in [3.8, 4) is 16.9 Å². The molecule has 1 aliphatic rings. The Morgan fingerprint density at radius 3 is 2.41 bits per heavy atom. The lowest BCUT2D eigenvalue weighted by Crippen LogP contribution is -2.34. The number of hydrogen-bond donors (Lipinski definition) is 0. The number of imidazole rings is 1. The van der Waals surface area contributed by atoms with Gasteiger partial charge in [0, 0.05) is 18.0 Å². The molecule has 0 amide bonds. The molecule has 2 unspecified atom stereocenters. The molecule has 0 N–H and O–H groups in total. The number of hydrogen-bond acceptors (Lipinski definition) is 4. The van der Waals surface area contributed by atoms with Gasteiger partial charge in [0.15, 0.2) is 0 Å². The first-order valence-electron chi connectivity index (χ1n) is 10.7. The fourth-order valence-corrected chi connectivity index (χ4v) is 4.65. The topological polar surface area (TPSA) is 45.5 Å². The van der Waals surface area contributed by atoms with Crippen molar-refractivity contribution in [1.29, 1.82) is 0 Å². The summed E-state index contributed by atoms with van der Waals surface area (Å²) in [6.07, 6.45) is 4.90. The quantitative estimate of drug-likeness (QED) is 0.252. The van der Waals surface area contributed by atoms with Gasteiger partial charge < -0.3 is 18.8 Å². The Balaban J connectivity index is 1.31. The second-order valence-corrected chi connectivity index (χ2v) is 9.21. The minimum absolute atomic E-state index is 0.315. The Morgan fingerprint density at radius 2 is 1.68 bits per heavy atom. The number of halogens is 3. The first-order chi connectivity index (χ1) is 16.5. The Kier molecular flexibility index (Phi) is 6.82. The Bertz CT molecular complexity index is 1250. The molecule has 0 spiro atoms. The van der Waals surface area contributed by atoms with Crippen LogP contribution >= 0.6 is 34.8 Å². The molecule has 8 heteroatoms. The summed E-state index contributed by atoms with van der Waals surface area (Å²) < 4.78 is 20.5. The van der Waals surface area contributed by atoms with E-state index in [-0.39, 0.29) is 6.10 Å². The molecule has 4 aromatic rings. The zero-order chi connectivity index (χ0) is 23.5. The molecule has 5 rings (SSSR count). The van der Waals surface area contributed by atoms with Gasteiger partial charge in [-0.15, -0.1) is 0 Å². The highest BCUT2D eigenvalue weighted by Gasteiger charge is 2.45. The average Bonchev–Trinajstić information content (AvgIpc) is 3.52. The molecule has 0 aliphatic carbocycles. The molecular formula is C26H21Cl3N2O3. The van der Waals surface area contributed by atoms with Crippen LogP contribution in [0.25, 0.3) is 11.1 Å². The largest absolute Gasteiger partial charge is 0.491 e. The van der Waals surface area contributed by atoms with Crippen molar-refractivity contribution in [2.24, 2.45) is 0 Å². The van der Waals surface area contributed by atoms with Crippen LogP contribution in [0.3, 0.4) is 0 Å². The van der Waals surface area contributed by atoms with Crippen molar-refractivity contribution in [1.82, 2.24) is 9.55 Å². The highest BCUT2D eigenvalue weighted by Crippen LogP contribution is 2.42. The van der Waals surface area contributed by atoms with Crippen LogP contribution in [-0.4, -0.2) is 28.9 Å². The molecule has 2 heterocycles. The zero-order valence-electron chi connectivity index (χ0n) is 18.0. The molecule has 1 aromatic heterocycles. The van der Waals surface area contributed by atoms with Crippen molar-refractivity contribution in [3.05, 3.63) is 106 Å². The van der Waals surface area contributed by atoms with Crippen molar-refractivity contribution < 1.29 is 14.2 Å². The van der Waals surface area contributed by atoms with Crippen LogP contribution in [0.1, 0.15) is 5.56 Å². The van der Waals surface area contributed by atoms with Crippen molar-refractivity contribution in [2.75, 3.05) is 13.2 Å². The third-order valence-electron chi connectivity index (χ3n) is 5.63. The molecule has 1 fully saturated rings. The highest BCUT2D eigenvalue weighted by molar-refractivity contribution is 6.43. The SMILES string of the molecule is Clc1cc(Cl)c(C2(Cn3ccnc3)OCC(COc3ccc(-c4ccccc4)cc3)O2)cc1Cl. The maximum absolute atomic E-state index is 6.54. The van der Waals surface area contributed by atoms with Gasteiger partial charge in [-0.2, -0.15) is 0 Å². The maximum Gasteiger partial charge on any atom is 0.215 e. The summed E-state index contributed by atoms with van der Waals surface area (Å²) in [6.45, 7) is 0.982. The van der Waals surface area contributed by atoms with Crippen LogP contribution in [0.5, 0.6) is 5.75 Å². The molecule has 34 heavy (non-hydrogen) atoms. The number of aromatic nitrogens is 2. The van der Waals surface area contributed by atoms with Crippen LogP contribution < -0.4 is 4.74 Å². The van der Waals surface area contributed by atoms with Crippen molar-refractivity contribution in [2.45, 2.75) is 18.4 Å². The Labute approximate surface area is 212 Å². The molecule has 1 aliphatic heterocycles. The van der Waals surface area contributed by atoms with E-state index in [9.17, 15) is 0 Å². The second-order valence-electron chi connectivity index (χ2n) is 7.99. The Hall–Kier alpha value is -2.54. The summed E-state index contributed by atoms with van der Waals surface area (Å²) in [6, 6.07) is 21.5. The van der Waals surface area contributed by atoms with Gasteiger partial charge >= 0.3 is 0 Å². The minimum Gasteiger partial charge on any atom is -0.491 e. The van der Waals surface area contributed by atoms with E-state index >= 15 is 0 Å². The summed E-state index contributed by atoms with van der Waals surface area (Å²) in [7, 11) is 0. The summed E-state index contributed by atoms with van der Waals surface area (Å²) in [5, 5.41) is 1.15. The first-order valence-corrected chi connectivity index (χ1v) is 11.9. The number of benzene rings is 3. The minimum atomic E-state index is -1.16. The molecule has 3 aromatic carbocycles. The van der Waals surface area contributed by atoms with Gasteiger partial charge in [0.1, 0.15) is 18.5 Å². The summed E-state index contributed by atoms with van der Waals surface area (Å²) in [4.78, 5) is 4.11. The molecule has 1 saturated heterocycles. The van der Waals surface area contributed by atoms with Gasteiger partial charge in [0.2, 0.25) is 5.79 Å². The van der Waals surface area contributed by atoms with Crippen LogP contribution in [0.2, 0.25) is 15.1 Å². The molecule has 174 valence electrons. The van der Waals surface area contributed by atoms with E-state index in [0.717, 1.165) is 16.9 Å². The van der Waals surface area contributed by atoms with Gasteiger partial charge in [0.05, 0.1) is 34.5 Å². The van der Waals surface area contributed by atoms with E-state index < -0.39 is 5.79 Å². The van der Waals surface area contributed by atoms with E-state index in [1.165, 1.54) is 0 Å². The van der Waals surface area contributed by atoms with E-state index in [1.807, 2.05) is 53.2 Å². The third-order valence-corrected chi connectivity index (χ3v) is 6.66. The first kappa shape index (κ1) is 23.2. The van der Waals surface area contributed by atoms with Crippen LogP contribution in [0.15, 0.2) is 85.5 Å². The standard InChI is InChI=1S/C26H21Cl3N2O3/c27-23-13-25(29)24(28)12-22(23)26(16-31-11-10-30-17-31)33-15-21(34-26)14-32-20-8-6-19(7-9-20)18-4-2-1-3-5-18/h1-13,17,21H,14-16H2. The number of rotatable bonds is 7. The van der Waals surface area contributed by atoms with Gasteiger partial charge in [-0.3, -0.25) is 0 Å². The third kappa shape index (κ3) is 4.95. The van der Waals surface area contributed by atoms with E-state index in [4.69, 9.17) is 49.0 Å².